The van der Waals surface area contributed by atoms with Gasteiger partial charge in [0, 0.05) is 24.1 Å². The number of amides is 2. The minimum absolute atomic E-state index is 0.0240. The molecule has 1 rings (SSSR count). The van der Waals surface area contributed by atoms with E-state index in [1.165, 1.54) is 18.4 Å². The van der Waals surface area contributed by atoms with Crippen molar-refractivity contribution in [3.63, 3.8) is 0 Å². The normalized spacial score (nSPS) is 13.8. The molecule has 1 N–H and O–H groups in total. The fraction of sp³-hybridized carbons (Fsp3) is 0.467. The van der Waals surface area contributed by atoms with Crippen molar-refractivity contribution in [2.24, 2.45) is 4.36 Å². The van der Waals surface area contributed by atoms with E-state index in [1.807, 2.05) is 0 Å². The van der Waals surface area contributed by atoms with Gasteiger partial charge in [0.1, 0.15) is 11.4 Å². The van der Waals surface area contributed by atoms with Crippen LogP contribution in [0.3, 0.4) is 0 Å². The summed E-state index contributed by atoms with van der Waals surface area (Å²) in [7, 11) is -2.94. The van der Waals surface area contributed by atoms with Crippen molar-refractivity contribution in [3.05, 3.63) is 30.1 Å². The molecule has 0 aromatic heterocycles. The van der Waals surface area contributed by atoms with E-state index >= 15 is 0 Å². The lowest BCUT2D eigenvalue weighted by Crippen LogP contribution is -2.33. The summed E-state index contributed by atoms with van der Waals surface area (Å²) in [6, 6.07) is 4.96. The third-order valence-corrected chi connectivity index (χ3v) is 4.23. The van der Waals surface area contributed by atoms with E-state index in [2.05, 4.69) is 9.68 Å². The lowest BCUT2D eigenvalue weighted by molar-refractivity contribution is -0.117. The van der Waals surface area contributed by atoms with Gasteiger partial charge in [0.15, 0.2) is 0 Å². The van der Waals surface area contributed by atoms with Crippen LogP contribution in [-0.4, -0.2) is 34.6 Å². The van der Waals surface area contributed by atoms with Crippen LogP contribution in [0.4, 0.5) is 9.18 Å². The van der Waals surface area contributed by atoms with E-state index in [4.69, 9.17) is 4.74 Å². The summed E-state index contributed by atoms with van der Waals surface area (Å²) in [4.78, 5) is 23.4. The van der Waals surface area contributed by atoms with Gasteiger partial charge in [-0.2, -0.15) is 4.36 Å². The van der Waals surface area contributed by atoms with E-state index < -0.39 is 33.1 Å². The number of carbonyl (C=O) groups is 2. The molecule has 1 aromatic rings. The molecule has 0 bridgehead atoms. The molecule has 0 spiro atoms. The van der Waals surface area contributed by atoms with Gasteiger partial charge >= 0.3 is 6.09 Å². The van der Waals surface area contributed by atoms with Crippen LogP contribution in [0.2, 0.25) is 0 Å². The Morgan fingerprint density at radius 3 is 2.35 bits per heavy atom. The highest BCUT2D eigenvalue weighted by Gasteiger charge is 2.16. The van der Waals surface area contributed by atoms with Gasteiger partial charge in [0.2, 0.25) is 0 Å². The number of halogens is 1. The highest BCUT2D eigenvalue weighted by atomic mass is 32.2. The van der Waals surface area contributed by atoms with Crippen LogP contribution in [0.15, 0.2) is 33.5 Å². The number of hydrogen-bond acceptors (Lipinski definition) is 4. The Hall–Kier alpha value is -1.96. The molecule has 6 nitrogen and oxygen atoms in total. The number of hydrogen-bond donors (Lipinski definition) is 1. The van der Waals surface area contributed by atoms with Crippen molar-refractivity contribution in [1.82, 2.24) is 5.32 Å². The zero-order chi connectivity index (χ0) is 17.7. The molecule has 23 heavy (non-hydrogen) atoms. The molecule has 8 heteroatoms. The van der Waals surface area contributed by atoms with Crippen LogP contribution in [0.1, 0.15) is 27.2 Å². The number of alkyl carbamates (subject to hydrolysis) is 1. The summed E-state index contributed by atoms with van der Waals surface area (Å²) in [6.45, 7) is 5.20. The standard InChI is InChI=1S/C15H21FN2O4S/c1-15(2,3)22-14(20)17-10-9-13(19)18-23(4,21)12-7-5-11(16)6-8-12/h5-8H,9-10H2,1-4H3,(H,17,20). The maximum Gasteiger partial charge on any atom is 0.407 e. The Kier molecular flexibility index (Phi) is 6.26. The van der Waals surface area contributed by atoms with Gasteiger partial charge in [-0.05, 0) is 45.0 Å². The monoisotopic (exact) mass is 344 g/mol. The van der Waals surface area contributed by atoms with Crippen molar-refractivity contribution < 1.29 is 22.9 Å². The van der Waals surface area contributed by atoms with Crippen molar-refractivity contribution in [1.29, 1.82) is 0 Å². The van der Waals surface area contributed by atoms with E-state index in [0.717, 1.165) is 12.1 Å². The first-order valence-electron chi connectivity index (χ1n) is 6.97. The van der Waals surface area contributed by atoms with Crippen molar-refractivity contribution in [3.8, 4) is 0 Å². The molecule has 0 aliphatic carbocycles. The Labute approximate surface area is 135 Å². The lowest BCUT2D eigenvalue weighted by atomic mass is 10.2. The van der Waals surface area contributed by atoms with Gasteiger partial charge < -0.3 is 10.1 Å². The number of benzene rings is 1. The first-order chi connectivity index (χ1) is 10.5. The van der Waals surface area contributed by atoms with E-state index in [9.17, 15) is 18.2 Å². The minimum Gasteiger partial charge on any atom is -0.444 e. The van der Waals surface area contributed by atoms with Crippen LogP contribution in [0.5, 0.6) is 0 Å². The van der Waals surface area contributed by atoms with Crippen LogP contribution in [0.25, 0.3) is 0 Å². The van der Waals surface area contributed by atoms with Crippen LogP contribution < -0.4 is 5.32 Å². The molecule has 0 radical (unpaired) electrons. The summed E-state index contributed by atoms with van der Waals surface area (Å²) < 4.78 is 33.9. The molecule has 1 atom stereocenters. The highest BCUT2D eigenvalue weighted by Crippen LogP contribution is 2.12. The number of ether oxygens (including phenoxy) is 1. The molecule has 0 saturated carbocycles. The summed E-state index contributed by atoms with van der Waals surface area (Å²) in [5.74, 6) is -1.07. The molecule has 1 aromatic carbocycles. The van der Waals surface area contributed by atoms with Crippen LogP contribution in [-0.2, 0) is 19.3 Å². The number of carbonyl (C=O) groups excluding carboxylic acids is 2. The fourth-order valence-corrected chi connectivity index (χ4v) is 2.79. The highest BCUT2D eigenvalue weighted by molar-refractivity contribution is 7.93. The quantitative estimate of drug-likeness (QED) is 0.910. The maximum atomic E-state index is 12.9. The Morgan fingerprint density at radius 1 is 1.26 bits per heavy atom. The molecule has 128 valence electrons. The van der Waals surface area contributed by atoms with Crippen molar-refractivity contribution >= 4 is 21.7 Å². The van der Waals surface area contributed by atoms with Gasteiger partial charge in [0.05, 0.1) is 9.73 Å². The predicted octanol–water partition coefficient (Wildman–Crippen LogP) is 2.72. The average Bonchev–Trinajstić information content (AvgIpc) is 2.36. The lowest BCUT2D eigenvalue weighted by Gasteiger charge is -2.19. The average molecular weight is 344 g/mol. The molecular formula is C15H21FN2O4S. The summed E-state index contributed by atoms with van der Waals surface area (Å²) in [5, 5.41) is 2.42. The third-order valence-electron chi connectivity index (χ3n) is 2.53. The minimum atomic E-state index is -2.94. The topological polar surface area (TPSA) is 84.8 Å². The second-order valence-corrected chi connectivity index (χ2v) is 8.18. The SMILES string of the molecule is CC(C)(C)OC(=O)NCCC(=O)N=S(C)(=O)c1ccc(F)cc1. The van der Waals surface area contributed by atoms with Gasteiger partial charge in [-0.15, -0.1) is 0 Å². The molecule has 0 aliphatic rings. The largest absolute Gasteiger partial charge is 0.444 e. The van der Waals surface area contributed by atoms with Crippen LogP contribution >= 0.6 is 0 Å². The summed E-state index contributed by atoms with van der Waals surface area (Å²) in [6.07, 6.45) is 0.561. The second-order valence-electron chi connectivity index (χ2n) is 5.92. The van der Waals surface area contributed by atoms with Gasteiger partial charge in [-0.25, -0.2) is 13.4 Å². The van der Waals surface area contributed by atoms with Gasteiger partial charge in [-0.3, -0.25) is 4.79 Å². The first-order valence-corrected chi connectivity index (χ1v) is 8.89. The zero-order valence-corrected chi connectivity index (χ0v) is 14.4. The Bertz CT molecular complexity index is 686. The Balaban J connectivity index is 2.60. The van der Waals surface area contributed by atoms with E-state index in [1.54, 1.807) is 20.8 Å². The van der Waals surface area contributed by atoms with E-state index in [-0.39, 0.29) is 17.9 Å². The summed E-state index contributed by atoms with van der Waals surface area (Å²) in [5.41, 5.74) is -0.626. The molecule has 0 aliphatic heterocycles. The smallest absolute Gasteiger partial charge is 0.407 e. The molecule has 1 unspecified atom stereocenters. The number of nitrogens with zero attached hydrogens (tertiary/aromatic N) is 1. The van der Waals surface area contributed by atoms with Crippen molar-refractivity contribution in [2.75, 3.05) is 12.8 Å². The molecule has 2 amide bonds. The number of rotatable bonds is 4. The third kappa shape index (κ3) is 7.23. The number of nitrogens with one attached hydrogen (secondary N) is 1. The van der Waals surface area contributed by atoms with Crippen LogP contribution in [0, 0.1) is 5.82 Å². The predicted molar refractivity (Wildman–Crippen MR) is 85.0 cm³/mol. The molecular weight excluding hydrogens is 323 g/mol. The Morgan fingerprint density at radius 2 is 1.83 bits per heavy atom. The summed E-state index contributed by atoms with van der Waals surface area (Å²) >= 11 is 0. The fourth-order valence-electron chi connectivity index (χ4n) is 1.57. The van der Waals surface area contributed by atoms with Gasteiger partial charge in [-0.1, -0.05) is 0 Å². The maximum absolute atomic E-state index is 12.9. The molecule has 0 saturated heterocycles. The molecule has 0 heterocycles. The molecule has 0 fully saturated rings. The van der Waals surface area contributed by atoms with E-state index in [0.29, 0.717) is 0 Å². The van der Waals surface area contributed by atoms with Crippen molar-refractivity contribution in [2.45, 2.75) is 37.7 Å². The van der Waals surface area contributed by atoms with Gasteiger partial charge in [0.25, 0.3) is 5.91 Å². The second kappa shape index (κ2) is 7.54. The zero-order valence-electron chi connectivity index (χ0n) is 13.6. The first kappa shape index (κ1) is 19.1.